The van der Waals surface area contributed by atoms with E-state index in [4.69, 9.17) is 9.47 Å². The van der Waals surface area contributed by atoms with Crippen molar-refractivity contribution in [2.24, 2.45) is 0 Å². The minimum absolute atomic E-state index is 0.218. The molecule has 0 heterocycles. The molecule has 32 heavy (non-hydrogen) atoms. The van der Waals surface area contributed by atoms with Crippen LogP contribution in [0.4, 0.5) is 5.69 Å². The topological polar surface area (TPSA) is 64.6 Å². The Morgan fingerprint density at radius 1 is 0.781 bits per heavy atom. The molecule has 0 saturated carbocycles. The molecule has 4 aromatic rings. The summed E-state index contributed by atoms with van der Waals surface area (Å²) in [5.41, 5.74) is 1.58. The van der Waals surface area contributed by atoms with Crippen LogP contribution in [-0.4, -0.2) is 19.0 Å². The number of hydrogen-bond donors (Lipinski definition) is 1. The van der Waals surface area contributed by atoms with E-state index in [-0.39, 0.29) is 5.91 Å². The van der Waals surface area contributed by atoms with Crippen molar-refractivity contribution < 1.29 is 19.1 Å². The van der Waals surface area contributed by atoms with Gasteiger partial charge in [-0.05, 0) is 59.7 Å². The highest BCUT2D eigenvalue weighted by Crippen LogP contribution is 2.28. The maximum Gasteiger partial charge on any atom is 0.339 e. The Bertz CT molecular complexity index is 1260. The summed E-state index contributed by atoms with van der Waals surface area (Å²) in [6.45, 7) is 1.81. The van der Waals surface area contributed by atoms with Gasteiger partial charge in [-0.15, -0.1) is 0 Å². The third-order valence-corrected chi connectivity index (χ3v) is 5.32. The Morgan fingerprint density at radius 2 is 1.44 bits per heavy atom. The van der Waals surface area contributed by atoms with E-state index in [1.165, 1.54) is 7.11 Å². The normalized spacial score (nSPS) is 11.6. The predicted molar refractivity (Wildman–Crippen MR) is 125 cm³/mol. The lowest BCUT2D eigenvalue weighted by molar-refractivity contribution is -0.117. The highest BCUT2D eigenvalue weighted by Gasteiger charge is 2.19. The van der Waals surface area contributed by atoms with Gasteiger partial charge in [0.05, 0.1) is 24.3 Å². The van der Waals surface area contributed by atoms with Gasteiger partial charge in [0, 0.05) is 0 Å². The minimum Gasteiger partial charge on any atom is -0.465 e. The molecular weight excluding hydrogens is 402 g/mol. The van der Waals surface area contributed by atoms with Crippen LogP contribution >= 0.6 is 0 Å². The Kier molecular flexibility index (Phi) is 6.17. The molecule has 1 unspecified atom stereocenters. The lowest BCUT2D eigenvalue weighted by Gasteiger charge is -2.15. The molecule has 1 atom stereocenters. The average Bonchev–Trinajstić information content (AvgIpc) is 2.84. The summed E-state index contributed by atoms with van der Waals surface area (Å²) in [5, 5.41) is 5.09. The second-order valence-corrected chi connectivity index (χ2v) is 7.43. The van der Waals surface area contributed by atoms with E-state index in [9.17, 15) is 9.59 Å². The van der Waals surface area contributed by atoms with Crippen molar-refractivity contribution in [2.45, 2.75) is 12.8 Å². The number of esters is 1. The van der Waals surface area contributed by atoms with Crippen LogP contribution in [0, 0.1) is 0 Å². The molecule has 0 radical (unpaired) electrons. The Balaban J connectivity index is 1.45. The molecule has 0 aliphatic rings. The standard InChI is InChI=1S/C27H23NO4/c1-18(26(29)28-25-10-6-5-9-24(25)27(30)31-2)19-11-14-22(15-12-19)32-23-16-13-20-7-3-4-8-21(20)17-23/h3-18H,1-2H3,(H,28,29). The van der Waals surface area contributed by atoms with Gasteiger partial charge in [-0.3, -0.25) is 4.79 Å². The number of methoxy groups -OCH3 is 1. The molecule has 0 aliphatic carbocycles. The van der Waals surface area contributed by atoms with Crippen LogP contribution in [0.5, 0.6) is 11.5 Å². The molecule has 5 heteroatoms. The molecule has 0 aliphatic heterocycles. The number of amides is 1. The van der Waals surface area contributed by atoms with E-state index < -0.39 is 11.9 Å². The van der Waals surface area contributed by atoms with Gasteiger partial charge in [0.15, 0.2) is 0 Å². The number of fused-ring (bicyclic) bond motifs is 1. The third kappa shape index (κ3) is 4.62. The van der Waals surface area contributed by atoms with Crippen LogP contribution in [0.3, 0.4) is 0 Å². The average molecular weight is 425 g/mol. The van der Waals surface area contributed by atoms with Crippen molar-refractivity contribution in [1.29, 1.82) is 0 Å². The summed E-state index contributed by atoms with van der Waals surface area (Å²) < 4.78 is 10.8. The molecule has 1 N–H and O–H groups in total. The first kappa shape index (κ1) is 21.1. The molecule has 0 saturated heterocycles. The number of benzene rings is 4. The number of anilines is 1. The fourth-order valence-electron chi connectivity index (χ4n) is 3.46. The summed E-state index contributed by atoms with van der Waals surface area (Å²) in [4.78, 5) is 24.7. The van der Waals surface area contributed by atoms with E-state index >= 15 is 0 Å². The largest absolute Gasteiger partial charge is 0.465 e. The van der Waals surface area contributed by atoms with Gasteiger partial charge in [0.2, 0.25) is 5.91 Å². The maximum absolute atomic E-state index is 12.8. The molecule has 1 amide bonds. The van der Waals surface area contributed by atoms with Crippen LogP contribution in [-0.2, 0) is 9.53 Å². The van der Waals surface area contributed by atoms with Crippen molar-refractivity contribution in [3.63, 3.8) is 0 Å². The Labute approximate surface area is 186 Å². The second kappa shape index (κ2) is 9.35. The first-order chi connectivity index (χ1) is 15.5. The highest BCUT2D eigenvalue weighted by atomic mass is 16.5. The van der Waals surface area contributed by atoms with Gasteiger partial charge in [-0.2, -0.15) is 0 Å². The first-order valence-corrected chi connectivity index (χ1v) is 10.3. The van der Waals surface area contributed by atoms with Gasteiger partial charge in [0.1, 0.15) is 11.5 Å². The van der Waals surface area contributed by atoms with Crippen molar-refractivity contribution in [1.82, 2.24) is 0 Å². The van der Waals surface area contributed by atoms with Crippen molar-refractivity contribution >= 4 is 28.3 Å². The summed E-state index contributed by atoms with van der Waals surface area (Å²) in [5.74, 6) is 0.304. The number of para-hydroxylation sites is 1. The molecule has 0 aromatic heterocycles. The van der Waals surface area contributed by atoms with E-state index in [1.807, 2.05) is 67.6 Å². The monoisotopic (exact) mass is 425 g/mol. The lowest BCUT2D eigenvalue weighted by atomic mass is 10.00. The fourth-order valence-corrected chi connectivity index (χ4v) is 3.46. The summed E-state index contributed by atoms with van der Waals surface area (Å²) in [7, 11) is 1.31. The number of carbonyl (C=O) groups is 2. The molecule has 0 bridgehead atoms. The molecule has 4 aromatic carbocycles. The Hall–Kier alpha value is -4.12. The van der Waals surface area contributed by atoms with Crippen LogP contribution in [0.25, 0.3) is 10.8 Å². The van der Waals surface area contributed by atoms with Gasteiger partial charge < -0.3 is 14.8 Å². The number of rotatable bonds is 6. The molecular formula is C27H23NO4. The smallest absolute Gasteiger partial charge is 0.339 e. The van der Waals surface area contributed by atoms with E-state index in [0.29, 0.717) is 17.0 Å². The number of nitrogens with one attached hydrogen (secondary N) is 1. The van der Waals surface area contributed by atoms with Gasteiger partial charge in [0.25, 0.3) is 0 Å². The third-order valence-electron chi connectivity index (χ3n) is 5.32. The first-order valence-electron chi connectivity index (χ1n) is 10.3. The number of carbonyl (C=O) groups excluding carboxylic acids is 2. The van der Waals surface area contributed by atoms with E-state index in [0.717, 1.165) is 22.1 Å². The van der Waals surface area contributed by atoms with Crippen LogP contribution < -0.4 is 10.1 Å². The van der Waals surface area contributed by atoms with Gasteiger partial charge in [-0.25, -0.2) is 4.79 Å². The number of hydrogen-bond acceptors (Lipinski definition) is 4. The van der Waals surface area contributed by atoms with Crippen molar-refractivity contribution in [2.75, 3.05) is 12.4 Å². The summed E-state index contributed by atoms with van der Waals surface area (Å²) >= 11 is 0. The molecule has 5 nitrogen and oxygen atoms in total. The fraction of sp³-hybridized carbons (Fsp3) is 0.111. The zero-order valence-electron chi connectivity index (χ0n) is 17.9. The zero-order chi connectivity index (χ0) is 22.5. The molecule has 0 spiro atoms. The molecule has 4 rings (SSSR count). The quantitative estimate of drug-likeness (QED) is 0.376. The SMILES string of the molecule is COC(=O)c1ccccc1NC(=O)C(C)c1ccc(Oc2ccc3ccccc3c2)cc1. The number of ether oxygens (including phenoxy) is 2. The highest BCUT2D eigenvalue weighted by molar-refractivity contribution is 6.03. The van der Waals surface area contributed by atoms with E-state index in [2.05, 4.69) is 11.4 Å². The van der Waals surface area contributed by atoms with Crippen LogP contribution in [0.1, 0.15) is 28.8 Å². The summed E-state index contributed by atoms with van der Waals surface area (Å²) in [6.07, 6.45) is 0. The van der Waals surface area contributed by atoms with Crippen LogP contribution in [0.2, 0.25) is 0 Å². The zero-order valence-corrected chi connectivity index (χ0v) is 17.9. The predicted octanol–water partition coefficient (Wildman–Crippen LogP) is 6.16. The second-order valence-electron chi connectivity index (χ2n) is 7.43. The van der Waals surface area contributed by atoms with Gasteiger partial charge >= 0.3 is 5.97 Å². The Morgan fingerprint density at radius 3 is 2.19 bits per heavy atom. The summed E-state index contributed by atoms with van der Waals surface area (Å²) in [6, 6.07) is 28.3. The molecule has 160 valence electrons. The molecule has 0 fully saturated rings. The lowest BCUT2D eigenvalue weighted by Crippen LogP contribution is -2.20. The minimum atomic E-state index is -0.497. The van der Waals surface area contributed by atoms with E-state index in [1.54, 1.807) is 24.3 Å². The van der Waals surface area contributed by atoms with Crippen molar-refractivity contribution in [3.05, 3.63) is 102 Å². The van der Waals surface area contributed by atoms with Crippen LogP contribution in [0.15, 0.2) is 91.0 Å². The maximum atomic E-state index is 12.8. The van der Waals surface area contributed by atoms with Crippen molar-refractivity contribution in [3.8, 4) is 11.5 Å². The van der Waals surface area contributed by atoms with Gasteiger partial charge in [-0.1, -0.05) is 54.6 Å².